The number of carbonyl (C=O) groups is 4. The van der Waals surface area contributed by atoms with Crippen LogP contribution in [0.15, 0.2) is 30.3 Å². The third kappa shape index (κ3) is 8.42. The zero-order valence-corrected chi connectivity index (χ0v) is 20.7. The lowest BCUT2D eigenvalue weighted by atomic mass is 9.58. The summed E-state index contributed by atoms with van der Waals surface area (Å²) in [6.07, 6.45) is 6.38. The van der Waals surface area contributed by atoms with Gasteiger partial charge in [-0.15, -0.1) is 0 Å². The van der Waals surface area contributed by atoms with Crippen LogP contribution in [-0.4, -0.2) is 47.7 Å². The van der Waals surface area contributed by atoms with Crippen molar-refractivity contribution in [2.45, 2.75) is 82.9 Å². The van der Waals surface area contributed by atoms with E-state index in [2.05, 4.69) is 16.0 Å². The summed E-state index contributed by atoms with van der Waals surface area (Å²) in [6, 6.07) is 7.49. The molecule has 3 fully saturated rings. The molecular formula is C26H38N4O6. The number of unbranched alkanes of at least 4 members (excludes halogenated alkanes) is 1. The number of carbonyl (C=O) groups excluding carboxylic acids is 3. The SMILES string of the molecule is NC(=O)C(CCCCNC(=O)OCc1ccccc1)NC(=O)C(CC12CCC(CC1)CC2)NC(=O)O. The van der Waals surface area contributed by atoms with Crippen LogP contribution in [0.3, 0.4) is 0 Å². The van der Waals surface area contributed by atoms with E-state index in [1.807, 2.05) is 30.3 Å². The fourth-order valence-corrected chi connectivity index (χ4v) is 5.43. The molecule has 198 valence electrons. The van der Waals surface area contributed by atoms with Crippen molar-refractivity contribution in [2.24, 2.45) is 17.1 Å². The van der Waals surface area contributed by atoms with E-state index in [0.29, 0.717) is 25.8 Å². The summed E-state index contributed by atoms with van der Waals surface area (Å²) < 4.78 is 5.15. The van der Waals surface area contributed by atoms with Gasteiger partial charge < -0.3 is 31.5 Å². The summed E-state index contributed by atoms with van der Waals surface area (Å²) in [5, 5.41) is 17.0. The molecule has 0 heterocycles. The summed E-state index contributed by atoms with van der Waals surface area (Å²) in [4.78, 5) is 48.2. The Hall–Kier alpha value is -3.30. The van der Waals surface area contributed by atoms with Crippen molar-refractivity contribution in [1.82, 2.24) is 16.0 Å². The Labute approximate surface area is 211 Å². The van der Waals surface area contributed by atoms with Crippen LogP contribution in [0.25, 0.3) is 0 Å². The van der Waals surface area contributed by atoms with Crippen molar-refractivity contribution >= 4 is 24.0 Å². The molecule has 1 aromatic carbocycles. The van der Waals surface area contributed by atoms with Crippen LogP contribution in [0.4, 0.5) is 9.59 Å². The van der Waals surface area contributed by atoms with Crippen LogP contribution >= 0.6 is 0 Å². The van der Waals surface area contributed by atoms with Gasteiger partial charge in [0.05, 0.1) is 0 Å². The predicted octanol–water partition coefficient (Wildman–Crippen LogP) is 3.05. The number of rotatable bonds is 13. The van der Waals surface area contributed by atoms with Crippen LogP contribution in [0.1, 0.15) is 69.8 Å². The highest BCUT2D eigenvalue weighted by Gasteiger charge is 2.43. The molecule has 0 radical (unpaired) electrons. The van der Waals surface area contributed by atoms with Crippen molar-refractivity contribution in [3.8, 4) is 0 Å². The van der Waals surface area contributed by atoms with E-state index in [4.69, 9.17) is 10.5 Å². The van der Waals surface area contributed by atoms with E-state index in [0.717, 1.165) is 50.0 Å². The second-order valence-electron chi connectivity index (χ2n) is 10.1. The van der Waals surface area contributed by atoms with Gasteiger partial charge in [0, 0.05) is 6.54 Å². The standard InChI is InChI=1S/C26H38N4O6/c27-22(31)20(8-4-5-15-28-25(35)36-17-19-6-2-1-3-7-19)29-23(32)21(30-24(33)34)16-26-12-9-18(10-13-26)11-14-26/h1-3,6-7,18,20-21,30H,4-5,8-17H2,(H2,27,31)(H,28,35)(H,29,32)(H,33,34). The number of benzene rings is 1. The molecule has 3 saturated carbocycles. The first-order valence-electron chi connectivity index (χ1n) is 12.8. The van der Waals surface area contributed by atoms with Crippen molar-refractivity contribution in [3.05, 3.63) is 35.9 Å². The van der Waals surface area contributed by atoms with Gasteiger partial charge in [0.2, 0.25) is 11.8 Å². The Morgan fingerprint density at radius 2 is 1.67 bits per heavy atom. The highest BCUT2D eigenvalue weighted by Crippen LogP contribution is 2.52. The molecule has 2 unspecified atom stereocenters. The number of primary amides is 1. The van der Waals surface area contributed by atoms with Gasteiger partial charge in [-0.1, -0.05) is 30.3 Å². The number of fused-ring (bicyclic) bond motifs is 3. The van der Waals surface area contributed by atoms with Crippen LogP contribution in [-0.2, 0) is 20.9 Å². The van der Waals surface area contributed by atoms with E-state index in [1.165, 1.54) is 0 Å². The zero-order valence-electron chi connectivity index (χ0n) is 20.7. The van der Waals surface area contributed by atoms with E-state index < -0.39 is 36.1 Å². The summed E-state index contributed by atoms with van der Waals surface area (Å²) in [6.45, 7) is 0.523. The average Bonchev–Trinajstić information content (AvgIpc) is 2.87. The fraction of sp³-hybridized carbons (Fsp3) is 0.615. The van der Waals surface area contributed by atoms with E-state index in [1.54, 1.807) is 0 Å². The molecule has 3 aliphatic rings. The van der Waals surface area contributed by atoms with Crippen LogP contribution in [0, 0.1) is 11.3 Å². The Morgan fingerprint density at radius 3 is 2.28 bits per heavy atom. The quantitative estimate of drug-likeness (QED) is 0.261. The van der Waals surface area contributed by atoms with Crippen LogP contribution in [0.5, 0.6) is 0 Å². The smallest absolute Gasteiger partial charge is 0.407 e. The highest BCUT2D eigenvalue weighted by molar-refractivity contribution is 5.90. The third-order valence-corrected chi connectivity index (χ3v) is 7.56. The number of ether oxygens (including phenoxy) is 1. The lowest BCUT2D eigenvalue weighted by molar-refractivity contribution is -0.129. The van der Waals surface area contributed by atoms with Gasteiger partial charge in [0.25, 0.3) is 0 Å². The number of nitrogens with two attached hydrogens (primary N) is 1. The van der Waals surface area contributed by atoms with Gasteiger partial charge in [-0.3, -0.25) is 9.59 Å². The monoisotopic (exact) mass is 502 g/mol. The topological polar surface area (TPSA) is 160 Å². The number of hydrogen-bond acceptors (Lipinski definition) is 5. The van der Waals surface area contributed by atoms with Gasteiger partial charge in [0.15, 0.2) is 0 Å². The maximum Gasteiger partial charge on any atom is 0.407 e. The lowest BCUT2D eigenvalue weighted by Crippen LogP contribution is -2.54. The van der Waals surface area contributed by atoms with Gasteiger partial charge in [-0.05, 0) is 81.1 Å². The number of carboxylic acid groups (broad SMARTS) is 1. The Kier molecular flexibility index (Phi) is 9.95. The van der Waals surface area contributed by atoms with Crippen LogP contribution in [0.2, 0.25) is 0 Å². The van der Waals surface area contributed by atoms with Gasteiger partial charge >= 0.3 is 12.2 Å². The summed E-state index contributed by atoms with van der Waals surface area (Å²) in [5.41, 5.74) is 6.37. The van der Waals surface area contributed by atoms with Gasteiger partial charge in [-0.2, -0.15) is 0 Å². The first-order chi connectivity index (χ1) is 17.3. The van der Waals surface area contributed by atoms with Crippen molar-refractivity contribution < 1.29 is 29.0 Å². The molecule has 0 saturated heterocycles. The Bertz CT molecular complexity index is 887. The molecule has 10 nitrogen and oxygen atoms in total. The maximum absolute atomic E-state index is 13.0. The van der Waals surface area contributed by atoms with Crippen LogP contribution < -0.4 is 21.7 Å². The summed E-state index contributed by atoms with van der Waals surface area (Å²) in [7, 11) is 0. The molecule has 1 aromatic rings. The van der Waals surface area contributed by atoms with Crippen molar-refractivity contribution in [3.63, 3.8) is 0 Å². The maximum atomic E-state index is 13.0. The first kappa shape index (κ1) is 27.3. The molecule has 4 amide bonds. The largest absolute Gasteiger partial charge is 0.465 e. The average molecular weight is 503 g/mol. The number of alkyl carbamates (subject to hydrolysis) is 1. The highest BCUT2D eigenvalue weighted by atomic mass is 16.5. The Balaban J connectivity index is 1.41. The second kappa shape index (κ2) is 13.1. The normalized spacial score (nSPS) is 22.2. The minimum Gasteiger partial charge on any atom is -0.465 e. The molecule has 0 aromatic heterocycles. The van der Waals surface area contributed by atoms with Crippen molar-refractivity contribution in [2.75, 3.05) is 6.54 Å². The lowest BCUT2D eigenvalue weighted by Gasteiger charge is -2.47. The summed E-state index contributed by atoms with van der Waals surface area (Å²) in [5.74, 6) is -0.444. The first-order valence-corrected chi connectivity index (χ1v) is 12.8. The molecule has 2 bridgehead atoms. The molecular weight excluding hydrogens is 464 g/mol. The molecule has 4 rings (SSSR count). The molecule has 10 heteroatoms. The van der Waals surface area contributed by atoms with E-state index in [-0.39, 0.29) is 18.4 Å². The molecule has 0 aliphatic heterocycles. The minimum atomic E-state index is -1.27. The predicted molar refractivity (Wildman–Crippen MR) is 133 cm³/mol. The number of amides is 4. The van der Waals surface area contributed by atoms with Gasteiger partial charge in [0.1, 0.15) is 18.7 Å². The van der Waals surface area contributed by atoms with Crippen molar-refractivity contribution in [1.29, 1.82) is 0 Å². The Morgan fingerprint density at radius 1 is 1.00 bits per heavy atom. The molecule has 36 heavy (non-hydrogen) atoms. The summed E-state index contributed by atoms with van der Waals surface area (Å²) >= 11 is 0. The molecule has 2 atom stereocenters. The molecule has 3 aliphatic carbocycles. The molecule has 6 N–H and O–H groups in total. The number of hydrogen-bond donors (Lipinski definition) is 5. The second-order valence-corrected chi connectivity index (χ2v) is 10.1. The van der Waals surface area contributed by atoms with Gasteiger partial charge in [-0.25, -0.2) is 9.59 Å². The number of nitrogens with one attached hydrogen (secondary N) is 3. The third-order valence-electron chi connectivity index (χ3n) is 7.56. The fourth-order valence-electron chi connectivity index (χ4n) is 5.43. The van der Waals surface area contributed by atoms with E-state index in [9.17, 15) is 24.3 Å². The zero-order chi connectivity index (χ0) is 26.0. The molecule has 0 spiro atoms. The minimum absolute atomic E-state index is 0.0256. The van der Waals surface area contributed by atoms with E-state index >= 15 is 0 Å².